The van der Waals surface area contributed by atoms with E-state index in [4.69, 9.17) is 5.11 Å². The molecule has 9 heteroatoms. The second-order valence-electron chi connectivity index (χ2n) is 4.32. The smallest absolute Gasteiger partial charge is 0.327 e. The standard InChI is InChI=1S/C10H13N3O5S/c1-12-7(14)2-5(8(12)15)11-10(18)13-4-19-3-6(13)9(16)17/h5-6H,2-4H2,1H3,(H,11,18)(H,16,17)/t5?,6-/m0/s1. The van der Waals surface area contributed by atoms with Gasteiger partial charge in [0.25, 0.3) is 5.91 Å². The van der Waals surface area contributed by atoms with Crippen molar-refractivity contribution >= 4 is 35.6 Å². The number of aliphatic carboxylic acids is 1. The highest BCUT2D eigenvalue weighted by atomic mass is 32.2. The summed E-state index contributed by atoms with van der Waals surface area (Å²) < 4.78 is 0. The lowest BCUT2D eigenvalue weighted by molar-refractivity contribution is -0.141. The van der Waals surface area contributed by atoms with Crippen LogP contribution in [0.4, 0.5) is 4.79 Å². The van der Waals surface area contributed by atoms with Gasteiger partial charge in [-0.25, -0.2) is 9.59 Å². The number of hydrogen-bond acceptors (Lipinski definition) is 5. The van der Waals surface area contributed by atoms with Crippen molar-refractivity contribution in [3.8, 4) is 0 Å². The van der Waals surface area contributed by atoms with Crippen LogP contribution in [0.3, 0.4) is 0 Å². The molecule has 4 amide bonds. The van der Waals surface area contributed by atoms with E-state index in [0.717, 1.165) is 9.80 Å². The third-order valence-corrected chi connectivity index (χ3v) is 4.12. The van der Waals surface area contributed by atoms with Gasteiger partial charge in [-0.15, -0.1) is 11.8 Å². The molecular weight excluding hydrogens is 274 g/mol. The summed E-state index contributed by atoms with van der Waals surface area (Å²) in [6.07, 6.45) is -0.0835. The third kappa shape index (κ3) is 2.50. The summed E-state index contributed by atoms with van der Waals surface area (Å²) in [4.78, 5) is 47.9. The van der Waals surface area contributed by atoms with Gasteiger partial charge in [-0.05, 0) is 0 Å². The summed E-state index contributed by atoms with van der Waals surface area (Å²) >= 11 is 1.33. The molecule has 0 aromatic carbocycles. The molecule has 1 unspecified atom stereocenters. The second kappa shape index (κ2) is 5.08. The molecule has 2 aliphatic heterocycles. The van der Waals surface area contributed by atoms with E-state index in [0.29, 0.717) is 5.75 Å². The van der Waals surface area contributed by atoms with Gasteiger partial charge in [-0.2, -0.15) is 0 Å². The molecule has 2 saturated heterocycles. The Morgan fingerprint density at radius 3 is 2.63 bits per heavy atom. The van der Waals surface area contributed by atoms with Crippen LogP contribution in [0.2, 0.25) is 0 Å². The highest BCUT2D eigenvalue weighted by Crippen LogP contribution is 2.21. The maximum absolute atomic E-state index is 11.9. The van der Waals surface area contributed by atoms with Crippen molar-refractivity contribution in [1.29, 1.82) is 0 Å². The Morgan fingerprint density at radius 1 is 1.42 bits per heavy atom. The number of rotatable bonds is 2. The Balaban J connectivity index is 2.00. The van der Waals surface area contributed by atoms with Crippen molar-refractivity contribution < 1.29 is 24.3 Å². The number of carboxylic acids is 1. The normalized spacial score (nSPS) is 27.0. The summed E-state index contributed by atoms with van der Waals surface area (Å²) in [6.45, 7) is 0. The monoisotopic (exact) mass is 287 g/mol. The largest absolute Gasteiger partial charge is 0.480 e. The van der Waals surface area contributed by atoms with Crippen LogP contribution in [0.15, 0.2) is 0 Å². The Bertz CT molecular complexity index is 454. The van der Waals surface area contributed by atoms with Crippen LogP contribution < -0.4 is 5.32 Å². The number of imide groups is 1. The summed E-state index contributed by atoms with van der Waals surface area (Å²) in [5, 5.41) is 11.4. The number of likely N-dealkylation sites (N-methyl/N-ethyl adjacent to an activating group) is 1. The highest BCUT2D eigenvalue weighted by Gasteiger charge is 2.40. The van der Waals surface area contributed by atoms with Crippen LogP contribution in [0, 0.1) is 0 Å². The molecule has 0 saturated carbocycles. The maximum Gasteiger partial charge on any atom is 0.327 e. The first kappa shape index (κ1) is 13.7. The average molecular weight is 287 g/mol. The quantitative estimate of drug-likeness (QED) is 0.625. The van der Waals surface area contributed by atoms with Crippen molar-refractivity contribution in [2.75, 3.05) is 18.7 Å². The zero-order valence-electron chi connectivity index (χ0n) is 10.2. The first-order chi connectivity index (χ1) is 8.91. The molecular formula is C10H13N3O5S. The summed E-state index contributed by atoms with van der Waals surface area (Å²) in [5.74, 6) is -1.34. The Kier molecular flexibility index (Phi) is 3.65. The number of carbonyl (C=O) groups excluding carboxylic acids is 3. The second-order valence-corrected chi connectivity index (χ2v) is 5.32. The molecule has 2 heterocycles. The van der Waals surface area contributed by atoms with Crippen molar-refractivity contribution in [2.45, 2.75) is 18.5 Å². The Morgan fingerprint density at radius 2 is 2.11 bits per heavy atom. The number of nitrogens with zero attached hydrogens (tertiary/aromatic N) is 2. The summed E-state index contributed by atoms with van der Waals surface area (Å²) in [6, 6.07) is -2.42. The van der Waals surface area contributed by atoms with E-state index in [-0.39, 0.29) is 18.2 Å². The summed E-state index contributed by atoms with van der Waals surface area (Å²) in [7, 11) is 1.35. The van der Waals surface area contributed by atoms with Gasteiger partial charge in [0.1, 0.15) is 12.1 Å². The van der Waals surface area contributed by atoms with Crippen LogP contribution in [0.25, 0.3) is 0 Å². The molecule has 0 aromatic heterocycles. The molecule has 0 spiro atoms. The van der Waals surface area contributed by atoms with Gasteiger partial charge >= 0.3 is 12.0 Å². The maximum atomic E-state index is 11.9. The van der Waals surface area contributed by atoms with Crippen molar-refractivity contribution in [3.63, 3.8) is 0 Å². The van der Waals surface area contributed by atoms with Gasteiger partial charge in [0.15, 0.2) is 0 Å². The van der Waals surface area contributed by atoms with E-state index in [1.54, 1.807) is 0 Å². The zero-order chi connectivity index (χ0) is 14.2. The molecule has 104 valence electrons. The van der Waals surface area contributed by atoms with Gasteiger partial charge < -0.3 is 15.3 Å². The van der Waals surface area contributed by atoms with E-state index >= 15 is 0 Å². The molecule has 0 bridgehead atoms. The number of amides is 4. The van der Waals surface area contributed by atoms with Crippen LogP contribution in [-0.4, -0.2) is 69.5 Å². The first-order valence-corrected chi connectivity index (χ1v) is 6.75. The number of thioether (sulfide) groups is 1. The lowest BCUT2D eigenvalue weighted by Crippen LogP contribution is -2.51. The fourth-order valence-corrected chi connectivity index (χ4v) is 3.09. The molecule has 0 aromatic rings. The van der Waals surface area contributed by atoms with E-state index in [2.05, 4.69) is 5.32 Å². The van der Waals surface area contributed by atoms with Gasteiger partial charge in [0, 0.05) is 12.8 Å². The Labute approximate surface area is 113 Å². The predicted octanol–water partition coefficient (Wildman–Crippen LogP) is -1.09. The average Bonchev–Trinajstić information content (AvgIpc) is 2.92. The molecule has 8 nitrogen and oxygen atoms in total. The predicted molar refractivity (Wildman–Crippen MR) is 65.3 cm³/mol. The van der Waals surface area contributed by atoms with Crippen LogP contribution in [-0.2, 0) is 14.4 Å². The Hall–Kier alpha value is -1.77. The van der Waals surface area contributed by atoms with Gasteiger partial charge in [0.05, 0.1) is 12.3 Å². The third-order valence-electron chi connectivity index (χ3n) is 3.11. The van der Waals surface area contributed by atoms with E-state index < -0.39 is 30.0 Å². The molecule has 2 fully saturated rings. The lowest BCUT2D eigenvalue weighted by Gasteiger charge is -2.22. The highest BCUT2D eigenvalue weighted by molar-refractivity contribution is 7.99. The molecule has 2 atom stereocenters. The molecule has 0 radical (unpaired) electrons. The van der Waals surface area contributed by atoms with Crippen LogP contribution in [0.5, 0.6) is 0 Å². The molecule has 19 heavy (non-hydrogen) atoms. The first-order valence-electron chi connectivity index (χ1n) is 5.60. The van der Waals surface area contributed by atoms with Gasteiger partial charge in [-0.3, -0.25) is 14.5 Å². The minimum Gasteiger partial charge on any atom is -0.480 e. The fourth-order valence-electron chi connectivity index (χ4n) is 1.95. The number of urea groups is 1. The number of carboxylic acid groups (broad SMARTS) is 1. The molecule has 0 aliphatic carbocycles. The van der Waals surface area contributed by atoms with Crippen LogP contribution in [0.1, 0.15) is 6.42 Å². The number of nitrogens with one attached hydrogen (secondary N) is 1. The molecule has 2 aliphatic rings. The van der Waals surface area contributed by atoms with E-state index in [1.165, 1.54) is 18.8 Å². The lowest BCUT2D eigenvalue weighted by atomic mass is 10.2. The van der Waals surface area contributed by atoms with E-state index in [1.807, 2.05) is 0 Å². The minimum absolute atomic E-state index is 0.0835. The van der Waals surface area contributed by atoms with Crippen molar-refractivity contribution in [1.82, 2.24) is 15.1 Å². The molecule has 2 rings (SSSR count). The topological polar surface area (TPSA) is 107 Å². The summed E-state index contributed by atoms with van der Waals surface area (Å²) in [5.41, 5.74) is 0. The molecule has 2 N–H and O–H groups in total. The number of likely N-dealkylation sites (tertiary alicyclic amines) is 1. The van der Waals surface area contributed by atoms with Gasteiger partial charge in [0.2, 0.25) is 5.91 Å². The number of carbonyl (C=O) groups is 4. The number of hydrogen-bond donors (Lipinski definition) is 2. The SMILES string of the molecule is CN1C(=O)CC(NC(=O)N2CSC[C@H]2C(=O)O)C1=O. The van der Waals surface area contributed by atoms with Crippen molar-refractivity contribution in [2.24, 2.45) is 0 Å². The zero-order valence-corrected chi connectivity index (χ0v) is 11.0. The van der Waals surface area contributed by atoms with Crippen molar-refractivity contribution in [3.05, 3.63) is 0 Å². The van der Waals surface area contributed by atoms with Crippen LogP contribution >= 0.6 is 11.8 Å². The van der Waals surface area contributed by atoms with E-state index in [9.17, 15) is 19.2 Å². The van der Waals surface area contributed by atoms with Gasteiger partial charge in [-0.1, -0.05) is 0 Å². The minimum atomic E-state index is -1.08. The fraction of sp³-hybridized carbons (Fsp3) is 0.600.